The number of rotatable bonds is 2. The maximum Gasteiger partial charge on any atom is 0.0370 e. The van der Waals surface area contributed by atoms with Crippen LogP contribution in [-0.2, 0) is 6.42 Å². The molecule has 1 saturated heterocycles. The summed E-state index contributed by atoms with van der Waals surface area (Å²) in [5.41, 5.74) is 2.80. The number of nitrogens with one attached hydrogen (secondary N) is 1. The van der Waals surface area contributed by atoms with Gasteiger partial charge in [0.05, 0.1) is 0 Å². The van der Waals surface area contributed by atoms with Gasteiger partial charge in [0.1, 0.15) is 0 Å². The van der Waals surface area contributed by atoms with Crippen LogP contribution in [0.3, 0.4) is 0 Å². The molecule has 16 heavy (non-hydrogen) atoms. The lowest BCUT2D eigenvalue weighted by atomic mass is 10.1. The van der Waals surface area contributed by atoms with E-state index in [4.69, 9.17) is 0 Å². The van der Waals surface area contributed by atoms with Crippen molar-refractivity contribution < 1.29 is 0 Å². The minimum absolute atomic E-state index is 0.578. The van der Waals surface area contributed by atoms with E-state index in [9.17, 15) is 0 Å². The zero-order valence-electron chi connectivity index (χ0n) is 10.5. The zero-order valence-corrected chi connectivity index (χ0v) is 10.5. The first kappa shape index (κ1) is 11.5. The molecule has 1 aliphatic heterocycles. The van der Waals surface area contributed by atoms with Gasteiger partial charge >= 0.3 is 0 Å². The first-order chi connectivity index (χ1) is 7.69. The fraction of sp³-hybridized carbons (Fsp3) is 0.571. The third-order valence-electron chi connectivity index (χ3n) is 3.24. The second-order valence-corrected chi connectivity index (χ2v) is 4.90. The molecule has 1 fully saturated rings. The van der Waals surface area contributed by atoms with Crippen molar-refractivity contribution in [1.29, 1.82) is 0 Å². The lowest BCUT2D eigenvalue weighted by Crippen LogP contribution is -2.54. The van der Waals surface area contributed by atoms with Gasteiger partial charge < -0.3 is 10.2 Å². The molecule has 1 aromatic carbocycles. The predicted octanol–water partition coefficient (Wildman–Crippen LogP) is 2.44. The van der Waals surface area contributed by atoms with E-state index in [1.54, 1.807) is 0 Å². The molecule has 2 atom stereocenters. The first-order valence-electron chi connectivity index (χ1n) is 6.29. The average molecular weight is 218 g/mol. The molecule has 1 aromatic rings. The monoisotopic (exact) mass is 218 g/mol. The molecule has 0 spiro atoms. The van der Waals surface area contributed by atoms with Crippen LogP contribution in [0.2, 0.25) is 0 Å². The highest BCUT2D eigenvalue weighted by molar-refractivity contribution is 5.49. The molecule has 1 heterocycles. The molecule has 0 bridgehead atoms. The quantitative estimate of drug-likeness (QED) is 0.820. The third kappa shape index (κ3) is 2.56. The van der Waals surface area contributed by atoms with Crippen LogP contribution in [0, 0.1) is 0 Å². The Labute approximate surface area is 98.7 Å². The summed E-state index contributed by atoms with van der Waals surface area (Å²) in [6.07, 6.45) is 1.12. The van der Waals surface area contributed by atoms with Gasteiger partial charge in [-0.05, 0) is 38.0 Å². The highest BCUT2D eigenvalue weighted by atomic mass is 15.2. The van der Waals surface area contributed by atoms with E-state index in [1.165, 1.54) is 11.3 Å². The minimum Gasteiger partial charge on any atom is -0.368 e. The van der Waals surface area contributed by atoms with Crippen LogP contribution in [0.4, 0.5) is 5.69 Å². The van der Waals surface area contributed by atoms with Crippen molar-refractivity contribution in [2.45, 2.75) is 39.3 Å². The van der Waals surface area contributed by atoms with Gasteiger partial charge in [-0.25, -0.2) is 0 Å². The average Bonchev–Trinajstić information content (AvgIpc) is 2.28. The van der Waals surface area contributed by atoms with Crippen molar-refractivity contribution in [2.24, 2.45) is 0 Å². The molecule has 1 N–H and O–H groups in total. The van der Waals surface area contributed by atoms with Gasteiger partial charge in [-0.1, -0.05) is 19.1 Å². The van der Waals surface area contributed by atoms with Gasteiger partial charge in [0.15, 0.2) is 0 Å². The second-order valence-electron chi connectivity index (χ2n) is 4.90. The number of hydrogen-bond donors (Lipinski definition) is 1. The van der Waals surface area contributed by atoms with Gasteiger partial charge in [-0.15, -0.1) is 0 Å². The standard InChI is InChI=1S/C14H22N2/c1-4-13-6-5-7-14(8-13)16-9-11(2)15-12(3)10-16/h5-8,11-12,15H,4,9-10H2,1-3H3. The Balaban J connectivity index is 2.16. The number of hydrogen-bond acceptors (Lipinski definition) is 2. The molecule has 0 aliphatic carbocycles. The van der Waals surface area contributed by atoms with E-state index in [2.05, 4.69) is 55.3 Å². The maximum atomic E-state index is 3.57. The lowest BCUT2D eigenvalue weighted by Gasteiger charge is -2.37. The van der Waals surface area contributed by atoms with Crippen molar-refractivity contribution in [3.63, 3.8) is 0 Å². The van der Waals surface area contributed by atoms with Crippen LogP contribution in [-0.4, -0.2) is 25.2 Å². The summed E-state index contributed by atoms with van der Waals surface area (Å²) in [5.74, 6) is 0. The summed E-state index contributed by atoms with van der Waals surface area (Å²) in [4.78, 5) is 2.49. The van der Waals surface area contributed by atoms with E-state index >= 15 is 0 Å². The Hall–Kier alpha value is -1.02. The maximum absolute atomic E-state index is 3.57. The number of benzene rings is 1. The smallest absolute Gasteiger partial charge is 0.0370 e. The van der Waals surface area contributed by atoms with Crippen LogP contribution in [0.15, 0.2) is 24.3 Å². The molecule has 0 saturated carbocycles. The minimum atomic E-state index is 0.578. The van der Waals surface area contributed by atoms with Crippen LogP contribution in [0.1, 0.15) is 26.3 Å². The SMILES string of the molecule is CCc1cccc(N2CC(C)NC(C)C2)c1. The van der Waals surface area contributed by atoms with Gasteiger partial charge in [0, 0.05) is 30.9 Å². The Morgan fingerprint density at radius 1 is 1.25 bits per heavy atom. The van der Waals surface area contributed by atoms with Gasteiger partial charge in [0.2, 0.25) is 0 Å². The Bertz CT molecular complexity index is 338. The van der Waals surface area contributed by atoms with Gasteiger partial charge in [-0.2, -0.15) is 0 Å². The Morgan fingerprint density at radius 2 is 1.94 bits per heavy atom. The molecule has 0 aromatic heterocycles. The largest absolute Gasteiger partial charge is 0.368 e. The van der Waals surface area contributed by atoms with Crippen molar-refractivity contribution in [1.82, 2.24) is 5.32 Å². The number of piperazine rings is 1. The predicted molar refractivity (Wildman–Crippen MR) is 70.1 cm³/mol. The zero-order chi connectivity index (χ0) is 11.5. The van der Waals surface area contributed by atoms with Gasteiger partial charge in [0.25, 0.3) is 0 Å². The van der Waals surface area contributed by atoms with E-state index < -0.39 is 0 Å². The van der Waals surface area contributed by atoms with E-state index in [1.807, 2.05) is 0 Å². The highest BCUT2D eigenvalue weighted by Crippen LogP contribution is 2.19. The molecule has 2 unspecified atom stereocenters. The highest BCUT2D eigenvalue weighted by Gasteiger charge is 2.20. The van der Waals surface area contributed by atoms with Gasteiger partial charge in [-0.3, -0.25) is 0 Å². The summed E-state index contributed by atoms with van der Waals surface area (Å²) >= 11 is 0. The normalized spacial score (nSPS) is 25.8. The first-order valence-corrected chi connectivity index (χ1v) is 6.29. The topological polar surface area (TPSA) is 15.3 Å². The van der Waals surface area contributed by atoms with E-state index in [0.717, 1.165) is 19.5 Å². The molecule has 2 nitrogen and oxygen atoms in total. The Kier molecular flexibility index (Phi) is 3.49. The summed E-state index contributed by atoms with van der Waals surface area (Å²) in [7, 11) is 0. The number of nitrogens with zero attached hydrogens (tertiary/aromatic N) is 1. The van der Waals surface area contributed by atoms with Crippen LogP contribution in [0.5, 0.6) is 0 Å². The summed E-state index contributed by atoms with van der Waals surface area (Å²) in [5, 5.41) is 3.57. The van der Waals surface area contributed by atoms with E-state index in [-0.39, 0.29) is 0 Å². The van der Waals surface area contributed by atoms with Crippen molar-refractivity contribution in [3.8, 4) is 0 Å². The molecular formula is C14H22N2. The Morgan fingerprint density at radius 3 is 2.56 bits per heavy atom. The van der Waals surface area contributed by atoms with Crippen LogP contribution < -0.4 is 10.2 Å². The van der Waals surface area contributed by atoms with Crippen LogP contribution >= 0.6 is 0 Å². The third-order valence-corrected chi connectivity index (χ3v) is 3.24. The molecule has 2 rings (SSSR count). The van der Waals surface area contributed by atoms with E-state index in [0.29, 0.717) is 12.1 Å². The summed E-state index contributed by atoms with van der Waals surface area (Å²) < 4.78 is 0. The van der Waals surface area contributed by atoms with Crippen molar-refractivity contribution in [2.75, 3.05) is 18.0 Å². The molecule has 88 valence electrons. The fourth-order valence-corrected chi connectivity index (χ4v) is 2.51. The lowest BCUT2D eigenvalue weighted by molar-refractivity contribution is 0.407. The van der Waals surface area contributed by atoms with Crippen molar-refractivity contribution >= 4 is 5.69 Å². The molecule has 0 radical (unpaired) electrons. The molecule has 1 aliphatic rings. The van der Waals surface area contributed by atoms with Crippen LogP contribution in [0.25, 0.3) is 0 Å². The molecule has 2 heteroatoms. The summed E-state index contributed by atoms with van der Waals surface area (Å²) in [6.45, 7) is 8.94. The molecular weight excluding hydrogens is 196 g/mol. The second kappa shape index (κ2) is 4.88. The molecule has 0 amide bonds. The fourth-order valence-electron chi connectivity index (χ4n) is 2.51. The number of aryl methyl sites for hydroxylation is 1. The number of anilines is 1. The summed E-state index contributed by atoms with van der Waals surface area (Å²) in [6, 6.07) is 10.1. The van der Waals surface area contributed by atoms with Crippen molar-refractivity contribution in [3.05, 3.63) is 29.8 Å².